The molecule has 0 spiro atoms. The summed E-state index contributed by atoms with van der Waals surface area (Å²) in [6, 6.07) is 13.5. The molecular formula is C24H21NOSi. The zero-order valence-corrected chi connectivity index (χ0v) is 17.4. The summed E-state index contributed by atoms with van der Waals surface area (Å²) in [6.07, 6.45) is 14.6. The van der Waals surface area contributed by atoms with Crippen LogP contribution in [-0.4, -0.2) is 20.9 Å². The molecule has 2 aromatic carbocycles. The van der Waals surface area contributed by atoms with Gasteiger partial charge in [-0.1, -0.05) is 48.6 Å². The van der Waals surface area contributed by atoms with Crippen LogP contribution in [0.2, 0.25) is 0 Å². The SMILES string of the molecule is [SiH3]c1cc(-n2c3c(c4ccccc42)C=CCC3)cc2c1OC1CC=CC=C21. The average Bonchev–Trinajstić information content (AvgIpc) is 3.24. The molecule has 1 atom stereocenters. The number of hydrogen-bond donors (Lipinski definition) is 0. The van der Waals surface area contributed by atoms with Crippen LogP contribution < -0.4 is 9.92 Å². The Labute approximate surface area is 161 Å². The second kappa shape index (κ2) is 5.60. The number of hydrogen-bond acceptors (Lipinski definition) is 1. The lowest BCUT2D eigenvalue weighted by Gasteiger charge is -2.15. The number of rotatable bonds is 1. The molecule has 1 aromatic heterocycles. The van der Waals surface area contributed by atoms with E-state index in [1.807, 2.05) is 0 Å². The van der Waals surface area contributed by atoms with Crippen molar-refractivity contribution in [1.82, 2.24) is 4.57 Å². The van der Waals surface area contributed by atoms with Crippen molar-refractivity contribution in [2.45, 2.75) is 25.4 Å². The van der Waals surface area contributed by atoms with Crippen molar-refractivity contribution in [1.29, 1.82) is 0 Å². The van der Waals surface area contributed by atoms with Gasteiger partial charge in [0.15, 0.2) is 0 Å². The molecule has 27 heavy (non-hydrogen) atoms. The Morgan fingerprint density at radius 1 is 1.11 bits per heavy atom. The minimum Gasteiger partial charge on any atom is -0.485 e. The van der Waals surface area contributed by atoms with Crippen LogP contribution in [0.4, 0.5) is 0 Å². The fourth-order valence-electron chi connectivity index (χ4n) is 4.85. The number of nitrogens with zero attached hydrogens (tertiary/aromatic N) is 1. The van der Waals surface area contributed by atoms with Crippen LogP contribution in [0.15, 0.2) is 60.7 Å². The third-order valence-corrected chi connectivity index (χ3v) is 6.79. The van der Waals surface area contributed by atoms with Gasteiger partial charge in [-0.05, 0) is 36.2 Å². The second-order valence-electron chi connectivity index (χ2n) is 7.69. The number of aromatic nitrogens is 1. The maximum absolute atomic E-state index is 6.31. The number of ether oxygens (including phenoxy) is 1. The van der Waals surface area contributed by atoms with Gasteiger partial charge >= 0.3 is 0 Å². The second-order valence-corrected chi connectivity index (χ2v) is 8.76. The van der Waals surface area contributed by atoms with Crippen LogP contribution in [0.25, 0.3) is 28.2 Å². The van der Waals surface area contributed by atoms with E-state index in [-0.39, 0.29) is 6.10 Å². The summed E-state index contributed by atoms with van der Waals surface area (Å²) in [7, 11) is 0.983. The van der Waals surface area contributed by atoms with E-state index in [1.54, 1.807) is 0 Å². The van der Waals surface area contributed by atoms with Crippen molar-refractivity contribution >= 4 is 38.0 Å². The van der Waals surface area contributed by atoms with Crippen LogP contribution in [0.1, 0.15) is 29.7 Å². The van der Waals surface area contributed by atoms with Gasteiger partial charge in [0.25, 0.3) is 0 Å². The van der Waals surface area contributed by atoms with Gasteiger partial charge in [0.2, 0.25) is 0 Å². The molecule has 0 saturated carbocycles. The molecule has 2 nitrogen and oxygen atoms in total. The smallest absolute Gasteiger partial charge is 0.128 e. The predicted octanol–water partition coefficient (Wildman–Crippen LogP) is 3.68. The lowest BCUT2D eigenvalue weighted by Crippen LogP contribution is -2.15. The Balaban J connectivity index is 1.64. The molecule has 1 unspecified atom stereocenters. The molecule has 0 fully saturated rings. The molecular weight excluding hydrogens is 346 g/mol. The summed E-state index contributed by atoms with van der Waals surface area (Å²) >= 11 is 0. The summed E-state index contributed by atoms with van der Waals surface area (Å²) in [5.74, 6) is 1.12. The molecule has 2 heterocycles. The van der Waals surface area contributed by atoms with Gasteiger partial charge in [0, 0.05) is 50.1 Å². The first-order valence-corrected chi connectivity index (χ1v) is 10.8. The van der Waals surface area contributed by atoms with Gasteiger partial charge in [-0.3, -0.25) is 0 Å². The van der Waals surface area contributed by atoms with Crippen molar-refractivity contribution in [3.63, 3.8) is 0 Å². The van der Waals surface area contributed by atoms with Gasteiger partial charge in [-0.15, -0.1) is 0 Å². The quantitative estimate of drug-likeness (QED) is 0.599. The summed E-state index contributed by atoms with van der Waals surface area (Å²) in [5.41, 5.74) is 8.06. The Morgan fingerprint density at radius 3 is 3.00 bits per heavy atom. The van der Waals surface area contributed by atoms with Crippen LogP contribution >= 0.6 is 0 Å². The largest absolute Gasteiger partial charge is 0.485 e. The molecule has 0 saturated heterocycles. The highest BCUT2D eigenvalue weighted by molar-refractivity contribution is 6.35. The highest BCUT2D eigenvalue weighted by Crippen LogP contribution is 2.41. The lowest BCUT2D eigenvalue weighted by atomic mass is 9.96. The van der Waals surface area contributed by atoms with E-state index in [4.69, 9.17) is 4.74 Å². The Hall–Kier alpha value is -2.78. The molecule has 1 aliphatic heterocycles. The van der Waals surface area contributed by atoms with E-state index >= 15 is 0 Å². The van der Waals surface area contributed by atoms with Gasteiger partial charge in [-0.25, -0.2) is 0 Å². The van der Waals surface area contributed by atoms with Crippen LogP contribution in [0.5, 0.6) is 5.75 Å². The van der Waals surface area contributed by atoms with Gasteiger partial charge < -0.3 is 9.30 Å². The normalized spacial score (nSPS) is 19.6. The molecule has 0 N–H and O–H groups in total. The monoisotopic (exact) mass is 367 g/mol. The van der Waals surface area contributed by atoms with E-state index in [9.17, 15) is 0 Å². The predicted molar refractivity (Wildman–Crippen MR) is 116 cm³/mol. The molecule has 0 radical (unpaired) electrons. The Kier molecular flexibility index (Phi) is 3.17. The fourth-order valence-corrected chi connectivity index (χ4v) is 5.53. The van der Waals surface area contributed by atoms with Crippen molar-refractivity contribution < 1.29 is 4.74 Å². The van der Waals surface area contributed by atoms with Gasteiger partial charge in [-0.2, -0.15) is 0 Å². The molecule has 2 aliphatic carbocycles. The maximum Gasteiger partial charge on any atom is 0.128 e. The zero-order chi connectivity index (χ0) is 18.0. The highest BCUT2D eigenvalue weighted by atomic mass is 28.1. The van der Waals surface area contributed by atoms with Crippen LogP contribution in [0, 0.1) is 0 Å². The first kappa shape index (κ1) is 15.3. The van der Waals surface area contributed by atoms with Gasteiger partial charge in [0.1, 0.15) is 11.9 Å². The van der Waals surface area contributed by atoms with Crippen molar-refractivity contribution in [3.8, 4) is 11.4 Å². The number of para-hydroxylation sites is 1. The topological polar surface area (TPSA) is 14.2 Å². The number of allylic oxidation sites excluding steroid dienone is 3. The Bertz CT molecular complexity index is 1190. The fraction of sp³-hybridized carbons (Fsp3) is 0.167. The molecule has 3 heteroatoms. The number of benzene rings is 2. The molecule has 6 rings (SSSR count). The molecule has 0 bridgehead atoms. The summed E-state index contributed by atoms with van der Waals surface area (Å²) in [6.45, 7) is 0. The minimum absolute atomic E-state index is 0.200. The molecule has 3 aliphatic rings. The van der Waals surface area contributed by atoms with E-state index in [2.05, 4.69) is 71.3 Å². The van der Waals surface area contributed by atoms with Crippen LogP contribution in [0.3, 0.4) is 0 Å². The molecule has 3 aromatic rings. The minimum atomic E-state index is 0.200. The standard InChI is InChI=1S/C24H21NOSi/c27-23-14-15(13-19-18-9-3-6-12-22(18)26-24(19)23)25-20-10-4-1-7-16(20)17-8-2-5-11-21(17)25/h1-4,6-10,13-14,22H,5,11-12H2,27H3. The van der Waals surface area contributed by atoms with Crippen molar-refractivity contribution in [2.24, 2.45) is 0 Å². The number of fused-ring (bicyclic) bond motifs is 6. The highest BCUT2D eigenvalue weighted by Gasteiger charge is 2.31. The average molecular weight is 368 g/mol. The van der Waals surface area contributed by atoms with E-state index in [0.29, 0.717) is 0 Å². The zero-order valence-electron chi connectivity index (χ0n) is 15.4. The van der Waals surface area contributed by atoms with E-state index < -0.39 is 0 Å². The van der Waals surface area contributed by atoms with Crippen LogP contribution in [-0.2, 0) is 6.42 Å². The van der Waals surface area contributed by atoms with Crippen molar-refractivity contribution in [3.05, 3.63) is 77.5 Å². The van der Waals surface area contributed by atoms with Crippen molar-refractivity contribution in [2.75, 3.05) is 0 Å². The third-order valence-electron chi connectivity index (χ3n) is 6.05. The molecule has 132 valence electrons. The summed E-state index contributed by atoms with van der Waals surface area (Å²) in [4.78, 5) is 0. The molecule has 0 amide bonds. The first-order valence-electron chi connectivity index (χ1n) is 9.79. The maximum atomic E-state index is 6.31. The third kappa shape index (κ3) is 2.12. The summed E-state index contributed by atoms with van der Waals surface area (Å²) < 4.78 is 8.80. The Morgan fingerprint density at radius 2 is 2.04 bits per heavy atom. The lowest BCUT2D eigenvalue weighted by molar-refractivity contribution is 0.281. The van der Waals surface area contributed by atoms with E-state index in [1.165, 1.54) is 44.2 Å². The summed E-state index contributed by atoms with van der Waals surface area (Å²) in [5, 5.41) is 2.71. The van der Waals surface area contributed by atoms with Gasteiger partial charge in [0.05, 0.1) is 5.52 Å². The van der Waals surface area contributed by atoms with E-state index in [0.717, 1.165) is 35.3 Å². The first-order chi connectivity index (χ1) is 13.3.